The third-order valence-corrected chi connectivity index (χ3v) is 17.3. The average molecular weight is 1270 g/mol. The van der Waals surface area contributed by atoms with Gasteiger partial charge in [-0.3, -0.25) is 37.3 Å². The van der Waals surface area contributed by atoms with Crippen LogP contribution in [-0.4, -0.2) is 96.7 Å². The fraction of sp³-hybridized carbons (Fsp3) is 0.940. The molecule has 19 heteroatoms. The van der Waals surface area contributed by atoms with E-state index in [-0.39, 0.29) is 25.7 Å². The lowest BCUT2D eigenvalue weighted by atomic mass is 10.0. The summed E-state index contributed by atoms with van der Waals surface area (Å²) >= 11 is 0. The van der Waals surface area contributed by atoms with Gasteiger partial charge < -0.3 is 33.8 Å². The molecule has 0 radical (unpaired) electrons. The topological polar surface area (TPSA) is 237 Å². The van der Waals surface area contributed by atoms with E-state index in [9.17, 15) is 43.2 Å². The fourth-order valence-electron chi connectivity index (χ4n) is 10.0. The first-order valence-corrected chi connectivity index (χ1v) is 37.8. The summed E-state index contributed by atoms with van der Waals surface area (Å²) in [7, 11) is -9.89. The SMILES string of the molecule is CCCCCCCCCCC(=O)OC[C@H](COP(=O)(O)OC[C@H](O)COP(=O)(O)OC[C@@H](COC(=O)CCCCCCCCCCCC(C)C)OC(=O)CCCCCCCCCCCCCCC(C)C)OC(=O)CCCCCCCCCCC(C)C. The van der Waals surface area contributed by atoms with E-state index in [2.05, 4.69) is 48.5 Å². The Bertz CT molecular complexity index is 1700. The van der Waals surface area contributed by atoms with Crippen LogP contribution in [0.1, 0.15) is 331 Å². The lowest BCUT2D eigenvalue weighted by molar-refractivity contribution is -0.161. The summed E-state index contributed by atoms with van der Waals surface area (Å²) in [6.07, 6.45) is 40.4. The molecule has 2 unspecified atom stereocenters. The average Bonchev–Trinajstić information content (AvgIpc) is 3.65. The van der Waals surface area contributed by atoms with Gasteiger partial charge in [0.1, 0.15) is 19.3 Å². The van der Waals surface area contributed by atoms with E-state index >= 15 is 0 Å². The van der Waals surface area contributed by atoms with Crippen LogP contribution in [0.5, 0.6) is 0 Å². The molecule has 0 aromatic carbocycles. The highest BCUT2D eigenvalue weighted by molar-refractivity contribution is 7.47. The van der Waals surface area contributed by atoms with Crippen molar-refractivity contribution < 1.29 is 80.2 Å². The van der Waals surface area contributed by atoms with Gasteiger partial charge in [0.2, 0.25) is 0 Å². The molecule has 3 N–H and O–H groups in total. The van der Waals surface area contributed by atoms with Gasteiger partial charge in [0.25, 0.3) is 0 Å². The number of carbonyl (C=O) groups excluding carboxylic acids is 4. The van der Waals surface area contributed by atoms with Gasteiger partial charge >= 0.3 is 39.5 Å². The Morgan fingerprint density at radius 3 is 0.791 bits per heavy atom. The first-order chi connectivity index (χ1) is 41.2. The summed E-state index contributed by atoms with van der Waals surface area (Å²) in [5, 5.41) is 10.6. The number of carbonyl (C=O) groups is 4. The van der Waals surface area contributed by atoms with Crippen molar-refractivity contribution in [3.05, 3.63) is 0 Å². The van der Waals surface area contributed by atoms with Gasteiger partial charge in [0.15, 0.2) is 12.2 Å². The minimum absolute atomic E-state index is 0.104. The Labute approximate surface area is 524 Å². The standard InChI is InChI=1S/C67H130O17P2/c1-8-9-10-11-12-27-34-41-48-64(69)77-54-62(84-67(72)51-44-37-30-23-22-26-33-40-47-60(6)7)56-81-85(73,74)79-52-61(68)53-80-86(75,76)82-57-63(55-78-65(70)49-42-35-28-21-17-19-25-32-39-46-59(4)5)83-66(71)50-43-36-29-20-16-14-13-15-18-24-31-38-45-58(2)3/h58-63,68H,8-57H2,1-7H3,(H,73,74)(H,75,76)/t61-,62+,63+/m0/s1. The van der Waals surface area contributed by atoms with Gasteiger partial charge in [0.05, 0.1) is 26.4 Å². The first kappa shape index (κ1) is 84.1. The number of aliphatic hydroxyl groups is 1. The van der Waals surface area contributed by atoms with E-state index in [1.165, 1.54) is 135 Å². The number of hydrogen-bond donors (Lipinski definition) is 3. The molecule has 0 saturated carbocycles. The van der Waals surface area contributed by atoms with E-state index in [0.717, 1.165) is 114 Å². The molecule has 0 aliphatic rings. The van der Waals surface area contributed by atoms with Crippen molar-refractivity contribution in [2.45, 2.75) is 349 Å². The molecule has 0 aromatic rings. The molecule has 0 fully saturated rings. The van der Waals surface area contributed by atoms with Crippen molar-refractivity contribution in [3.63, 3.8) is 0 Å². The Kier molecular flexibility index (Phi) is 56.9. The van der Waals surface area contributed by atoms with Crippen molar-refractivity contribution in [2.75, 3.05) is 39.6 Å². The van der Waals surface area contributed by atoms with E-state index in [1.54, 1.807) is 0 Å². The molecule has 0 aromatic heterocycles. The van der Waals surface area contributed by atoms with Crippen LogP contribution in [0.4, 0.5) is 0 Å². The molecule has 0 rings (SSSR count). The first-order valence-electron chi connectivity index (χ1n) is 34.8. The zero-order chi connectivity index (χ0) is 63.8. The maximum atomic E-state index is 13.0. The summed E-state index contributed by atoms with van der Waals surface area (Å²) in [5.74, 6) is 0.105. The van der Waals surface area contributed by atoms with Gasteiger partial charge in [-0.2, -0.15) is 0 Å². The van der Waals surface area contributed by atoms with Crippen molar-refractivity contribution in [1.82, 2.24) is 0 Å². The monoisotopic (exact) mass is 1270 g/mol. The molecule has 0 aliphatic heterocycles. The minimum atomic E-state index is -4.95. The zero-order valence-electron chi connectivity index (χ0n) is 55.8. The number of rotatable bonds is 65. The highest BCUT2D eigenvalue weighted by Gasteiger charge is 2.30. The van der Waals surface area contributed by atoms with E-state index in [0.29, 0.717) is 25.7 Å². The fourth-order valence-corrected chi connectivity index (χ4v) is 11.6. The minimum Gasteiger partial charge on any atom is -0.462 e. The van der Waals surface area contributed by atoms with E-state index in [4.69, 9.17) is 37.0 Å². The number of aliphatic hydroxyl groups excluding tert-OH is 1. The Hall–Kier alpha value is -1.94. The third kappa shape index (κ3) is 60.9. The molecule has 0 aliphatic carbocycles. The predicted octanol–water partition coefficient (Wildman–Crippen LogP) is 18.7. The summed E-state index contributed by atoms with van der Waals surface area (Å²) in [5.41, 5.74) is 0. The summed E-state index contributed by atoms with van der Waals surface area (Å²) in [4.78, 5) is 72.3. The van der Waals surface area contributed by atoms with Crippen molar-refractivity contribution in [3.8, 4) is 0 Å². The molecular formula is C67H130O17P2. The van der Waals surface area contributed by atoms with Gasteiger partial charge in [-0.05, 0) is 43.4 Å². The second-order valence-electron chi connectivity index (χ2n) is 25.6. The molecule has 86 heavy (non-hydrogen) atoms. The van der Waals surface area contributed by atoms with Crippen LogP contribution in [0, 0.1) is 17.8 Å². The Balaban J connectivity index is 5.23. The zero-order valence-corrected chi connectivity index (χ0v) is 57.6. The smallest absolute Gasteiger partial charge is 0.462 e. The maximum absolute atomic E-state index is 13.0. The van der Waals surface area contributed by atoms with Gasteiger partial charge in [-0.15, -0.1) is 0 Å². The normalized spacial score (nSPS) is 14.3. The van der Waals surface area contributed by atoms with Crippen LogP contribution in [0.2, 0.25) is 0 Å². The Morgan fingerprint density at radius 1 is 0.314 bits per heavy atom. The highest BCUT2D eigenvalue weighted by atomic mass is 31.2. The number of phosphoric ester groups is 2. The molecule has 0 bridgehead atoms. The second kappa shape index (κ2) is 58.2. The lowest BCUT2D eigenvalue weighted by Gasteiger charge is -2.21. The van der Waals surface area contributed by atoms with Crippen LogP contribution in [0.25, 0.3) is 0 Å². The maximum Gasteiger partial charge on any atom is 0.472 e. The molecule has 0 heterocycles. The van der Waals surface area contributed by atoms with Gasteiger partial charge in [-0.1, -0.05) is 280 Å². The summed E-state index contributed by atoms with van der Waals surface area (Å²) in [6, 6.07) is 0. The number of unbranched alkanes of at least 4 members (excludes halogenated alkanes) is 33. The molecule has 0 saturated heterocycles. The molecule has 0 spiro atoms. The van der Waals surface area contributed by atoms with Gasteiger partial charge in [-0.25, -0.2) is 9.13 Å². The Morgan fingerprint density at radius 2 is 0.535 bits per heavy atom. The molecule has 0 amide bonds. The van der Waals surface area contributed by atoms with Crippen LogP contribution in [-0.2, 0) is 65.4 Å². The number of hydrogen-bond acceptors (Lipinski definition) is 15. The third-order valence-electron chi connectivity index (χ3n) is 15.4. The highest BCUT2D eigenvalue weighted by Crippen LogP contribution is 2.45. The van der Waals surface area contributed by atoms with E-state index < -0.39 is 97.5 Å². The van der Waals surface area contributed by atoms with Gasteiger partial charge in [0, 0.05) is 25.7 Å². The van der Waals surface area contributed by atoms with Crippen LogP contribution < -0.4 is 0 Å². The van der Waals surface area contributed by atoms with Crippen LogP contribution >= 0.6 is 15.6 Å². The number of esters is 4. The molecule has 17 nitrogen and oxygen atoms in total. The van der Waals surface area contributed by atoms with Crippen molar-refractivity contribution >= 4 is 39.5 Å². The van der Waals surface area contributed by atoms with Crippen molar-refractivity contribution in [1.29, 1.82) is 0 Å². The molecular weight excluding hydrogens is 1140 g/mol. The predicted molar refractivity (Wildman–Crippen MR) is 344 cm³/mol. The van der Waals surface area contributed by atoms with Crippen LogP contribution in [0.15, 0.2) is 0 Å². The summed E-state index contributed by atoms with van der Waals surface area (Å²) < 4.78 is 68.1. The van der Waals surface area contributed by atoms with E-state index in [1.807, 2.05) is 0 Å². The second-order valence-corrected chi connectivity index (χ2v) is 28.5. The van der Waals surface area contributed by atoms with Crippen LogP contribution in [0.3, 0.4) is 0 Å². The quantitative estimate of drug-likeness (QED) is 0.0222. The number of ether oxygens (including phenoxy) is 4. The number of phosphoric acid groups is 2. The summed E-state index contributed by atoms with van der Waals surface area (Å²) in [6.45, 7) is 11.7. The van der Waals surface area contributed by atoms with Crippen molar-refractivity contribution in [2.24, 2.45) is 17.8 Å². The largest absolute Gasteiger partial charge is 0.472 e. The lowest BCUT2D eigenvalue weighted by Crippen LogP contribution is -2.30. The molecule has 5 atom stereocenters. The molecule has 510 valence electrons.